The van der Waals surface area contributed by atoms with Crippen LogP contribution in [0.2, 0.25) is 0 Å². The van der Waals surface area contributed by atoms with Crippen molar-refractivity contribution in [1.82, 2.24) is 0 Å². The fourth-order valence-electron chi connectivity index (χ4n) is 1.85. The Bertz CT molecular complexity index is 572. The number of halogens is 1. The third-order valence-electron chi connectivity index (χ3n) is 2.88. The molecule has 0 radical (unpaired) electrons. The smallest absolute Gasteiger partial charge is 0.122 e. The molecule has 0 unspecified atom stereocenters. The van der Waals surface area contributed by atoms with Crippen LogP contribution in [0, 0.1) is 6.92 Å². The lowest BCUT2D eigenvalue weighted by Crippen LogP contribution is -2.09. The van der Waals surface area contributed by atoms with Gasteiger partial charge in [0.05, 0.1) is 0 Å². The van der Waals surface area contributed by atoms with Crippen LogP contribution in [-0.2, 0) is 6.54 Å². The molecule has 2 aromatic carbocycles. The first-order chi connectivity index (χ1) is 9.69. The van der Waals surface area contributed by atoms with Gasteiger partial charge in [0.1, 0.15) is 24.7 Å². The highest BCUT2D eigenvalue weighted by molar-refractivity contribution is 9.10. The standard InChI is InChI=1S/C16H18BrNO2/c1-12-9-14(17)5-6-16(12)20-8-7-19-15-4-2-3-13(10-15)11-18/h2-6,9-10H,7-8,11,18H2,1H3. The van der Waals surface area contributed by atoms with Gasteiger partial charge < -0.3 is 15.2 Å². The van der Waals surface area contributed by atoms with Crippen molar-refractivity contribution in [3.05, 3.63) is 58.1 Å². The maximum Gasteiger partial charge on any atom is 0.122 e. The molecule has 2 rings (SSSR count). The monoisotopic (exact) mass is 335 g/mol. The van der Waals surface area contributed by atoms with Gasteiger partial charge in [0, 0.05) is 11.0 Å². The van der Waals surface area contributed by atoms with E-state index in [-0.39, 0.29) is 0 Å². The first kappa shape index (κ1) is 14.9. The molecule has 0 aliphatic carbocycles. The van der Waals surface area contributed by atoms with E-state index < -0.39 is 0 Å². The van der Waals surface area contributed by atoms with Crippen molar-refractivity contribution in [2.45, 2.75) is 13.5 Å². The Morgan fingerprint density at radius 1 is 1.05 bits per heavy atom. The van der Waals surface area contributed by atoms with Gasteiger partial charge in [0.2, 0.25) is 0 Å². The minimum atomic E-state index is 0.504. The fraction of sp³-hybridized carbons (Fsp3) is 0.250. The van der Waals surface area contributed by atoms with Gasteiger partial charge >= 0.3 is 0 Å². The second kappa shape index (κ2) is 7.31. The van der Waals surface area contributed by atoms with Crippen molar-refractivity contribution in [3.63, 3.8) is 0 Å². The maximum absolute atomic E-state index is 5.70. The minimum Gasteiger partial charge on any atom is -0.490 e. The largest absolute Gasteiger partial charge is 0.490 e. The number of benzene rings is 2. The highest BCUT2D eigenvalue weighted by Gasteiger charge is 2.01. The van der Waals surface area contributed by atoms with Crippen LogP contribution in [0.1, 0.15) is 11.1 Å². The van der Waals surface area contributed by atoms with Crippen LogP contribution in [0.15, 0.2) is 46.9 Å². The van der Waals surface area contributed by atoms with Crippen molar-refractivity contribution >= 4 is 15.9 Å². The maximum atomic E-state index is 5.70. The first-order valence-corrected chi connectivity index (χ1v) is 7.29. The van der Waals surface area contributed by atoms with E-state index in [0.29, 0.717) is 19.8 Å². The number of nitrogens with two attached hydrogens (primary N) is 1. The van der Waals surface area contributed by atoms with Gasteiger partial charge in [-0.05, 0) is 48.4 Å². The average molecular weight is 336 g/mol. The summed E-state index contributed by atoms with van der Waals surface area (Å²) >= 11 is 3.43. The zero-order valence-electron chi connectivity index (χ0n) is 11.4. The summed E-state index contributed by atoms with van der Waals surface area (Å²) in [7, 11) is 0. The van der Waals surface area contributed by atoms with Gasteiger partial charge in [-0.15, -0.1) is 0 Å². The lowest BCUT2D eigenvalue weighted by atomic mass is 10.2. The number of aryl methyl sites for hydroxylation is 1. The van der Waals surface area contributed by atoms with Crippen LogP contribution in [-0.4, -0.2) is 13.2 Å². The van der Waals surface area contributed by atoms with Crippen molar-refractivity contribution in [3.8, 4) is 11.5 Å². The lowest BCUT2D eigenvalue weighted by Gasteiger charge is -2.11. The number of hydrogen-bond donors (Lipinski definition) is 1. The van der Waals surface area contributed by atoms with Gasteiger partial charge in [0.25, 0.3) is 0 Å². The summed E-state index contributed by atoms with van der Waals surface area (Å²) in [4.78, 5) is 0. The van der Waals surface area contributed by atoms with E-state index in [1.807, 2.05) is 49.4 Å². The SMILES string of the molecule is Cc1cc(Br)ccc1OCCOc1cccc(CN)c1. The van der Waals surface area contributed by atoms with E-state index in [2.05, 4.69) is 15.9 Å². The molecule has 0 saturated carbocycles. The number of rotatable bonds is 6. The average Bonchev–Trinajstić information content (AvgIpc) is 2.45. The quantitative estimate of drug-likeness (QED) is 0.819. The van der Waals surface area contributed by atoms with Crippen LogP contribution in [0.5, 0.6) is 11.5 Å². The Hall–Kier alpha value is -1.52. The van der Waals surface area contributed by atoms with E-state index in [4.69, 9.17) is 15.2 Å². The number of hydrogen-bond acceptors (Lipinski definition) is 3. The van der Waals surface area contributed by atoms with Crippen molar-refractivity contribution in [2.24, 2.45) is 5.73 Å². The van der Waals surface area contributed by atoms with Crippen molar-refractivity contribution in [1.29, 1.82) is 0 Å². The third kappa shape index (κ3) is 4.25. The summed E-state index contributed by atoms with van der Waals surface area (Å²) in [6.07, 6.45) is 0. The molecule has 0 aromatic heterocycles. The Balaban J connectivity index is 1.81. The van der Waals surface area contributed by atoms with E-state index in [1.165, 1.54) is 0 Å². The van der Waals surface area contributed by atoms with Gasteiger partial charge in [-0.2, -0.15) is 0 Å². The second-order valence-electron chi connectivity index (χ2n) is 4.46. The topological polar surface area (TPSA) is 44.5 Å². The van der Waals surface area contributed by atoms with Crippen molar-refractivity contribution in [2.75, 3.05) is 13.2 Å². The summed E-state index contributed by atoms with van der Waals surface area (Å²) in [5.41, 5.74) is 7.76. The molecule has 4 heteroatoms. The molecule has 0 spiro atoms. The Morgan fingerprint density at radius 3 is 2.60 bits per heavy atom. The molecule has 20 heavy (non-hydrogen) atoms. The zero-order chi connectivity index (χ0) is 14.4. The second-order valence-corrected chi connectivity index (χ2v) is 5.37. The lowest BCUT2D eigenvalue weighted by molar-refractivity contribution is 0.216. The molecule has 3 nitrogen and oxygen atoms in total. The summed E-state index contributed by atoms with van der Waals surface area (Å²) in [6, 6.07) is 13.7. The van der Waals surface area contributed by atoms with E-state index in [1.54, 1.807) is 0 Å². The molecule has 0 saturated heterocycles. The van der Waals surface area contributed by atoms with E-state index in [9.17, 15) is 0 Å². The first-order valence-electron chi connectivity index (χ1n) is 6.50. The van der Waals surface area contributed by atoms with Gasteiger partial charge in [-0.3, -0.25) is 0 Å². The highest BCUT2D eigenvalue weighted by atomic mass is 79.9. The predicted molar refractivity (Wildman–Crippen MR) is 84.2 cm³/mol. The molecule has 0 bridgehead atoms. The molecular weight excluding hydrogens is 318 g/mol. The Labute approximate surface area is 127 Å². The Morgan fingerprint density at radius 2 is 1.85 bits per heavy atom. The fourth-order valence-corrected chi connectivity index (χ4v) is 2.32. The molecule has 0 aliphatic rings. The molecule has 0 heterocycles. The van der Waals surface area contributed by atoms with Gasteiger partial charge in [-0.1, -0.05) is 28.1 Å². The molecule has 0 fully saturated rings. The van der Waals surface area contributed by atoms with Crippen LogP contribution in [0.25, 0.3) is 0 Å². The van der Waals surface area contributed by atoms with Crippen LogP contribution in [0.4, 0.5) is 0 Å². The van der Waals surface area contributed by atoms with Gasteiger partial charge in [-0.25, -0.2) is 0 Å². The molecule has 0 atom stereocenters. The molecule has 106 valence electrons. The minimum absolute atomic E-state index is 0.504. The van der Waals surface area contributed by atoms with Gasteiger partial charge in [0.15, 0.2) is 0 Å². The number of ether oxygens (including phenoxy) is 2. The van der Waals surface area contributed by atoms with Crippen LogP contribution < -0.4 is 15.2 Å². The third-order valence-corrected chi connectivity index (χ3v) is 3.37. The van der Waals surface area contributed by atoms with Crippen molar-refractivity contribution < 1.29 is 9.47 Å². The van der Waals surface area contributed by atoms with Crippen LogP contribution in [0.3, 0.4) is 0 Å². The molecule has 0 aliphatic heterocycles. The zero-order valence-corrected chi connectivity index (χ0v) is 13.0. The normalized spacial score (nSPS) is 10.3. The van der Waals surface area contributed by atoms with E-state index >= 15 is 0 Å². The summed E-state index contributed by atoms with van der Waals surface area (Å²) < 4.78 is 12.4. The predicted octanol–water partition coefficient (Wildman–Crippen LogP) is 3.67. The molecule has 0 amide bonds. The summed E-state index contributed by atoms with van der Waals surface area (Å²) in [6.45, 7) is 3.55. The highest BCUT2D eigenvalue weighted by Crippen LogP contribution is 2.22. The van der Waals surface area contributed by atoms with E-state index in [0.717, 1.165) is 27.1 Å². The molecular formula is C16H18BrNO2. The van der Waals surface area contributed by atoms with Crippen LogP contribution >= 0.6 is 15.9 Å². The molecule has 2 N–H and O–H groups in total. The Kier molecular flexibility index (Phi) is 5.44. The summed E-state index contributed by atoms with van der Waals surface area (Å²) in [5, 5.41) is 0. The molecule has 2 aromatic rings. The summed E-state index contributed by atoms with van der Waals surface area (Å²) in [5.74, 6) is 1.71.